The van der Waals surface area contributed by atoms with Gasteiger partial charge in [-0.25, -0.2) is 0 Å². The van der Waals surface area contributed by atoms with Gasteiger partial charge in [0, 0.05) is 19.6 Å². The van der Waals surface area contributed by atoms with Gasteiger partial charge in [-0.3, -0.25) is 4.79 Å². The largest absolute Gasteiger partial charge is 0.396 e. The van der Waals surface area contributed by atoms with Gasteiger partial charge in [0.1, 0.15) is 0 Å². The van der Waals surface area contributed by atoms with Gasteiger partial charge in [0.25, 0.3) is 0 Å². The molecule has 0 atom stereocenters. The van der Waals surface area contributed by atoms with E-state index in [4.69, 9.17) is 5.11 Å². The molecule has 0 saturated heterocycles. The van der Waals surface area contributed by atoms with Crippen LogP contribution in [0.2, 0.25) is 0 Å². The molecule has 0 rings (SSSR count). The number of aliphatic hydroxyl groups is 1. The predicted molar refractivity (Wildman–Crippen MR) is 58.0 cm³/mol. The summed E-state index contributed by atoms with van der Waals surface area (Å²) >= 11 is 0. The van der Waals surface area contributed by atoms with Gasteiger partial charge in [-0.15, -0.1) is 0 Å². The van der Waals surface area contributed by atoms with Crippen molar-refractivity contribution in [3.8, 4) is 0 Å². The van der Waals surface area contributed by atoms with E-state index in [9.17, 15) is 4.79 Å². The summed E-state index contributed by atoms with van der Waals surface area (Å²) < 4.78 is 0. The van der Waals surface area contributed by atoms with E-state index in [1.54, 1.807) is 0 Å². The zero-order valence-corrected chi connectivity index (χ0v) is 9.60. The third-order valence-corrected chi connectivity index (χ3v) is 2.53. The SMILES string of the molecule is CCC(C)(C)CNC(=O)CCCCO. The fourth-order valence-electron chi connectivity index (χ4n) is 0.949. The summed E-state index contributed by atoms with van der Waals surface area (Å²) in [4.78, 5) is 11.3. The molecule has 0 spiro atoms. The van der Waals surface area contributed by atoms with Crippen LogP contribution in [0.5, 0.6) is 0 Å². The fraction of sp³-hybridized carbons (Fsp3) is 0.909. The maximum Gasteiger partial charge on any atom is 0.220 e. The Hall–Kier alpha value is -0.570. The quantitative estimate of drug-likeness (QED) is 0.616. The number of rotatable bonds is 7. The molecule has 0 unspecified atom stereocenters. The van der Waals surface area contributed by atoms with E-state index in [1.807, 2.05) is 0 Å². The Morgan fingerprint density at radius 2 is 2.00 bits per heavy atom. The normalized spacial score (nSPS) is 11.4. The zero-order chi connectivity index (χ0) is 11.0. The molecular weight excluding hydrogens is 178 g/mol. The van der Waals surface area contributed by atoms with E-state index in [2.05, 4.69) is 26.1 Å². The molecule has 3 nitrogen and oxygen atoms in total. The first-order valence-corrected chi connectivity index (χ1v) is 5.39. The molecule has 3 heteroatoms. The lowest BCUT2D eigenvalue weighted by Crippen LogP contribution is -2.33. The van der Waals surface area contributed by atoms with Crippen LogP contribution in [0.1, 0.15) is 46.5 Å². The number of hydrogen-bond donors (Lipinski definition) is 2. The van der Waals surface area contributed by atoms with E-state index in [1.165, 1.54) is 0 Å². The number of unbranched alkanes of at least 4 members (excludes halogenated alkanes) is 1. The summed E-state index contributed by atoms with van der Waals surface area (Å²) in [7, 11) is 0. The van der Waals surface area contributed by atoms with Crippen molar-refractivity contribution < 1.29 is 9.90 Å². The van der Waals surface area contributed by atoms with Crippen LogP contribution in [0, 0.1) is 5.41 Å². The number of aliphatic hydroxyl groups excluding tert-OH is 1. The summed E-state index contributed by atoms with van der Waals surface area (Å²) in [6.45, 7) is 7.31. The van der Waals surface area contributed by atoms with Crippen molar-refractivity contribution in [3.05, 3.63) is 0 Å². The van der Waals surface area contributed by atoms with Crippen LogP contribution in [-0.4, -0.2) is 24.2 Å². The molecule has 0 aromatic carbocycles. The molecule has 14 heavy (non-hydrogen) atoms. The Morgan fingerprint density at radius 1 is 1.36 bits per heavy atom. The topological polar surface area (TPSA) is 49.3 Å². The molecule has 0 bridgehead atoms. The molecule has 0 saturated carbocycles. The molecule has 0 aliphatic heterocycles. The van der Waals surface area contributed by atoms with Gasteiger partial charge in [0.05, 0.1) is 0 Å². The van der Waals surface area contributed by atoms with Crippen molar-refractivity contribution in [2.24, 2.45) is 5.41 Å². The van der Waals surface area contributed by atoms with E-state index >= 15 is 0 Å². The molecule has 0 aromatic heterocycles. The summed E-state index contributed by atoms with van der Waals surface area (Å²) in [5, 5.41) is 11.5. The highest BCUT2D eigenvalue weighted by Gasteiger charge is 2.15. The van der Waals surface area contributed by atoms with Crippen molar-refractivity contribution in [3.63, 3.8) is 0 Å². The minimum Gasteiger partial charge on any atom is -0.396 e. The number of nitrogens with one attached hydrogen (secondary N) is 1. The second kappa shape index (κ2) is 6.82. The molecule has 0 aliphatic carbocycles. The van der Waals surface area contributed by atoms with Crippen molar-refractivity contribution in [2.45, 2.75) is 46.5 Å². The third-order valence-electron chi connectivity index (χ3n) is 2.53. The zero-order valence-electron chi connectivity index (χ0n) is 9.60. The van der Waals surface area contributed by atoms with Gasteiger partial charge in [-0.1, -0.05) is 20.8 Å². The van der Waals surface area contributed by atoms with Crippen LogP contribution < -0.4 is 5.32 Å². The van der Waals surface area contributed by atoms with Crippen LogP contribution >= 0.6 is 0 Å². The lowest BCUT2D eigenvalue weighted by atomic mass is 9.90. The number of carbonyl (C=O) groups is 1. The average molecular weight is 201 g/mol. The fourth-order valence-corrected chi connectivity index (χ4v) is 0.949. The first-order valence-electron chi connectivity index (χ1n) is 5.39. The Kier molecular flexibility index (Phi) is 6.54. The van der Waals surface area contributed by atoms with Crippen LogP contribution in [0.3, 0.4) is 0 Å². The Morgan fingerprint density at radius 3 is 2.50 bits per heavy atom. The average Bonchev–Trinajstić information content (AvgIpc) is 2.16. The number of amides is 1. The molecule has 0 aliphatic rings. The Balaban J connectivity index is 3.53. The molecule has 0 aromatic rings. The highest BCUT2D eigenvalue weighted by molar-refractivity contribution is 5.75. The van der Waals surface area contributed by atoms with E-state index in [0.717, 1.165) is 19.4 Å². The molecule has 0 fully saturated rings. The highest BCUT2D eigenvalue weighted by atomic mass is 16.2. The van der Waals surface area contributed by atoms with Gasteiger partial charge in [-0.05, 0) is 24.7 Å². The lowest BCUT2D eigenvalue weighted by Gasteiger charge is -2.22. The molecule has 84 valence electrons. The van der Waals surface area contributed by atoms with Crippen LogP contribution in [-0.2, 0) is 4.79 Å². The van der Waals surface area contributed by atoms with E-state index < -0.39 is 0 Å². The maximum atomic E-state index is 11.3. The Bertz CT molecular complexity index is 167. The minimum atomic E-state index is 0.0972. The molecule has 0 heterocycles. The maximum absolute atomic E-state index is 11.3. The standard InChI is InChI=1S/C11H23NO2/c1-4-11(2,3)9-12-10(14)7-5-6-8-13/h13H,4-9H2,1-3H3,(H,12,14). The highest BCUT2D eigenvalue weighted by Crippen LogP contribution is 2.17. The number of hydrogen-bond acceptors (Lipinski definition) is 2. The molecule has 1 amide bonds. The van der Waals surface area contributed by atoms with Gasteiger partial charge >= 0.3 is 0 Å². The summed E-state index contributed by atoms with van der Waals surface area (Å²) in [6, 6.07) is 0. The molecular formula is C11H23NO2. The van der Waals surface area contributed by atoms with E-state index in [-0.39, 0.29) is 17.9 Å². The number of carbonyl (C=O) groups excluding carboxylic acids is 1. The van der Waals surface area contributed by atoms with Crippen LogP contribution in [0.15, 0.2) is 0 Å². The monoisotopic (exact) mass is 201 g/mol. The van der Waals surface area contributed by atoms with Gasteiger partial charge in [0.2, 0.25) is 5.91 Å². The van der Waals surface area contributed by atoms with Gasteiger partial charge < -0.3 is 10.4 Å². The Labute approximate surface area is 86.9 Å². The first kappa shape index (κ1) is 13.4. The van der Waals surface area contributed by atoms with Crippen molar-refractivity contribution in [1.82, 2.24) is 5.32 Å². The third kappa shape index (κ3) is 6.89. The minimum absolute atomic E-state index is 0.0972. The van der Waals surface area contributed by atoms with Crippen LogP contribution in [0.25, 0.3) is 0 Å². The first-order chi connectivity index (χ1) is 6.52. The van der Waals surface area contributed by atoms with Gasteiger partial charge in [-0.2, -0.15) is 0 Å². The van der Waals surface area contributed by atoms with Crippen molar-refractivity contribution in [2.75, 3.05) is 13.2 Å². The van der Waals surface area contributed by atoms with Gasteiger partial charge in [0.15, 0.2) is 0 Å². The summed E-state index contributed by atoms with van der Waals surface area (Å²) in [5.41, 5.74) is 0.187. The van der Waals surface area contributed by atoms with Crippen molar-refractivity contribution in [1.29, 1.82) is 0 Å². The van der Waals surface area contributed by atoms with Crippen molar-refractivity contribution >= 4 is 5.91 Å². The van der Waals surface area contributed by atoms with Crippen LogP contribution in [0.4, 0.5) is 0 Å². The second-order valence-corrected chi connectivity index (χ2v) is 4.48. The summed E-state index contributed by atoms with van der Waals surface area (Å²) in [6.07, 6.45) is 3.07. The molecule has 2 N–H and O–H groups in total. The smallest absolute Gasteiger partial charge is 0.220 e. The summed E-state index contributed by atoms with van der Waals surface area (Å²) in [5.74, 6) is 0.0972. The predicted octanol–water partition coefficient (Wildman–Crippen LogP) is 1.70. The lowest BCUT2D eigenvalue weighted by molar-refractivity contribution is -0.121. The van der Waals surface area contributed by atoms with E-state index in [0.29, 0.717) is 12.8 Å². The second-order valence-electron chi connectivity index (χ2n) is 4.48. The molecule has 0 radical (unpaired) electrons.